The standard InChI is InChI=1S/C23H28N8OS/c1-4-25-23(32)20-14(2)8-19(33-20)29-21-22-26-11-18(16-10-27-30(3)12-16)31(22)13-17(28-21)15-6-5-7-24-9-15/h6,8,11-13,24,27H,4-5,7,9-10H2,1-3H3,(H,25,32)(H,28,29). The predicted octanol–water partition coefficient (Wildman–Crippen LogP) is 2.76. The topological polar surface area (TPSA) is 98.6 Å². The summed E-state index contributed by atoms with van der Waals surface area (Å²) in [5, 5.41) is 12.6. The number of imidazole rings is 1. The van der Waals surface area contributed by atoms with E-state index in [4.69, 9.17) is 9.97 Å². The van der Waals surface area contributed by atoms with Crippen molar-refractivity contribution in [1.82, 2.24) is 35.4 Å². The van der Waals surface area contributed by atoms with Crippen LogP contribution in [-0.4, -0.2) is 58.5 Å². The molecular weight excluding hydrogens is 436 g/mol. The van der Waals surface area contributed by atoms with E-state index in [2.05, 4.69) is 44.2 Å². The van der Waals surface area contributed by atoms with Crippen molar-refractivity contribution in [3.63, 3.8) is 0 Å². The Morgan fingerprint density at radius 2 is 2.18 bits per heavy atom. The normalized spacial score (nSPS) is 16.2. The van der Waals surface area contributed by atoms with Gasteiger partial charge in [0, 0.05) is 44.7 Å². The molecule has 0 spiro atoms. The van der Waals surface area contributed by atoms with E-state index in [1.165, 1.54) is 16.9 Å². The zero-order valence-corrected chi connectivity index (χ0v) is 19.8. The molecule has 0 unspecified atom stereocenters. The third kappa shape index (κ3) is 4.24. The smallest absolute Gasteiger partial charge is 0.261 e. The first kappa shape index (κ1) is 21.6. The molecule has 2 aliphatic heterocycles. The molecule has 0 aliphatic carbocycles. The lowest BCUT2D eigenvalue weighted by Gasteiger charge is -2.16. The molecule has 3 aromatic rings. The minimum Gasteiger partial charge on any atom is -0.352 e. The van der Waals surface area contributed by atoms with Gasteiger partial charge in [0.15, 0.2) is 11.5 Å². The molecule has 9 nitrogen and oxygen atoms in total. The second-order valence-corrected chi connectivity index (χ2v) is 9.27. The zero-order valence-electron chi connectivity index (χ0n) is 19.0. The van der Waals surface area contributed by atoms with E-state index in [0.717, 1.165) is 59.2 Å². The Bertz CT molecular complexity index is 1270. The fourth-order valence-corrected chi connectivity index (χ4v) is 5.11. The van der Waals surface area contributed by atoms with E-state index < -0.39 is 0 Å². The van der Waals surface area contributed by atoms with Crippen LogP contribution in [0.25, 0.3) is 16.8 Å². The minimum absolute atomic E-state index is 0.0498. The Morgan fingerprint density at radius 3 is 2.91 bits per heavy atom. The summed E-state index contributed by atoms with van der Waals surface area (Å²) >= 11 is 1.43. The average Bonchev–Trinajstić information content (AvgIpc) is 3.52. The quantitative estimate of drug-likeness (QED) is 0.445. The zero-order chi connectivity index (χ0) is 22.9. The van der Waals surface area contributed by atoms with Crippen LogP contribution >= 0.6 is 11.3 Å². The largest absolute Gasteiger partial charge is 0.352 e. The lowest BCUT2D eigenvalue weighted by atomic mass is 10.1. The third-order valence-corrected chi connectivity index (χ3v) is 6.90. The molecule has 0 radical (unpaired) electrons. The van der Waals surface area contributed by atoms with E-state index in [1.54, 1.807) is 0 Å². The number of thiophene rings is 1. The Balaban J connectivity index is 1.58. The number of aryl methyl sites for hydroxylation is 1. The Kier molecular flexibility index (Phi) is 5.88. The Labute approximate surface area is 196 Å². The molecule has 4 N–H and O–H groups in total. The second kappa shape index (κ2) is 8.97. The number of amides is 1. The molecule has 0 bridgehead atoms. The molecule has 33 heavy (non-hydrogen) atoms. The first-order valence-electron chi connectivity index (χ1n) is 11.1. The van der Waals surface area contributed by atoms with Crippen LogP contribution in [0.3, 0.4) is 0 Å². The molecule has 0 atom stereocenters. The molecule has 0 aromatic carbocycles. The van der Waals surface area contributed by atoms with E-state index in [-0.39, 0.29) is 5.91 Å². The SMILES string of the molecule is CCNC(=O)c1sc(Nc2nc(C3=CCCNC3)cn3c(C4=CN(C)NC4)cnc23)cc1C. The molecule has 0 saturated carbocycles. The molecule has 0 saturated heterocycles. The highest BCUT2D eigenvalue weighted by Gasteiger charge is 2.20. The number of rotatable bonds is 6. The highest BCUT2D eigenvalue weighted by molar-refractivity contribution is 7.18. The molecule has 5 rings (SSSR count). The number of nitrogens with one attached hydrogen (secondary N) is 4. The van der Waals surface area contributed by atoms with Crippen LogP contribution in [-0.2, 0) is 0 Å². The number of hydrogen-bond donors (Lipinski definition) is 4. The third-order valence-electron chi connectivity index (χ3n) is 5.75. The predicted molar refractivity (Wildman–Crippen MR) is 133 cm³/mol. The second-order valence-electron chi connectivity index (χ2n) is 8.21. The fourth-order valence-electron chi connectivity index (χ4n) is 4.12. The van der Waals surface area contributed by atoms with Gasteiger partial charge in [0.25, 0.3) is 5.91 Å². The monoisotopic (exact) mass is 464 g/mol. The number of nitrogens with zero attached hydrogens (tertiary/aromatic N) is 4. The summed E-state index contributed by atoms with van der Waals surface area (Å²) < 4.78 is 2.11. The van der Waals surface area contributed by atoms with E-state index in [0.29, 0.717) is 17.2 Å². The summed E-state index contributed by atoms with van der Waals surface area (Å²) in [7, 11) is 1.99. The maximum atomic E-state index is 12.4. The van der Waals surface area contributed by atoms with Crippen molar-refractivity contribution in [2.75, 3.05) is 38.5 Å². The maximum Gasteiger partial charge on any atom is 0.261 e. The number of anilines is 2. The van der Waals surface area contributed by atoms with Gasteiger partial charge >= 0.3 is 0 Å². The van der Waals surface area contributed by atoms with E-state index in [9.17, 15) is 4.79 Å². The van der Waals surface area contributed by atoms with Gasteiger partial charge in [-0.25, -0.2) is 15.4 Å². The fraction of sp³-hybridized carbons (Fsp3) is 0.348. The number of carbonyl (C=O) groups is 1. The molecular formula is C23H28N8OS. The van der Waals surface area contributed by atoms with E-state index in [1.807, 2.05) is 38.2 Å². The average molecular weight is 465 g/mol. The number of carbonyl (C=O) groups excluding carboxylic acids is 1. The number of hydrazine groups is 1. The number of aromatic nitrogens is 3. The van der Waals surface area contributed by atoms with Gasteiger partial charge in [0.1, 0.15) is 0 Å². The van der Waals surface area contributed by atoms with Crippen LogP contribution in [0.15, 0.2) is 30.7 Å². The number of hydrogen-bond acceptors (Lipinski definition) is 8. The van der Waals surface area contributed by atoms with Gasteiger partial charge in [0.2, 0.25) is 0 Å². The molecule has 3 aromatic heterocycles. The van der Waals surface area contributed by atoms with Crippen LogP contribution in [0.4, 0.5) is 10.8 Å². The summed E-state index contributed by atoms with van der Waals surface area (Å²) in [4.78, 5) is 22.8. The van der Waals surface area contributed by atoms with Gasteiger partial charge in [-0.05, 0) is 44.0 Å². The summed E-state index contributed by atoms with van der Waals surface area (Å²) in [6.45, 7) is 6.99. The molecule has 0 fully saturated rings. The summed E-state index contributed by atoms with van der Waals surface area (Å²) in [6.07, 6.45) is 9.28. The van der Waals surface area contributed by atoms with Crippen molar-refractivity contribution < 1.29 is 4.79 Å². The molecule has 172 valence electrons. The van der Waals surface area contributed by atoms with Crippen LogP contribution in [0.5, 0.6) is 0 Å². The van der Waals surface area contributed by atoms with Crippen molar-refractivity contribution >= 4 is 44.9 Å². The van der Waals surface area contributed by atoms with Crippen LogP contribution in [0, 0.1) is 6.92 Å². The van der Waals surface area contributed by atoms with Gasteiger partial charge in [-0.2, -0.15) is 0 Å². The van der Waals surface area contributed by atoms with Crippen molar-refractivity contribution in [2.45, 2.75) is 20.3 Å². The van der Waals surface area contributed by atoms with Crippen LogP contribution < -0.4 is 21.4 Å². The summed E-state index contributed by atoms with van der Waals surface area (Å²) in [5.41, 5.74) is 9.26. The van der Waals surface area contributed by atoms with Gasteiger partial charge in [-0.1, -0.05) is 6.08 Å². The van der Waals surface area contributed by atoms with Crippen molar-refractivity contribution in [2.24, 2.45) is 0 Å². The first-order valence-corrected chi connectivity index (χ1v) is 12.0. The number of fused-ring (bicyclic) bond motifs is 1. The lowest BCUT2D eigenvalue weighted by Crippen LogP contribution is -2.23. The maximum absolute atomic E-state index is 12.4. The van der Waals surface area contributed by atoms with Crippen molar-refractivity contribution in [3.8, 4) is 0 Å². The molecule has 10 heteroatoms. The van der Waals surface area contributed by atoms with Crippen LogP contribution in [0.2, 0.25) is 0 Å². The van der Waals surface area contributed by atoms with E-state index >= 15 is 0 Å². The highest BCUT2D eigenvalue weighted by atomic mass is 32.1. The minimum atomic E-state index is -0.0498. The van der Waals surface area contributed by atoms with Gasteiger partial charge in [-0.15, -0.1) is 11.3 Å². The molecule has 1 amide bonds. The van der Waals surface area contributed by atoms with Gasteiger partial charge in [-0.3, -0.25) is 9.20 Å². The Morgan fingerprint density at radius 1 is 1.30 bits per heavy atom. The first-order chi connectivity index (χ1) is 16.0. The summed E-state index contributed by atoms with van der Waals surface area (Å²) in [6, 6.07) is 1.99. The van der Waals surface area contributed by atoms with Gasteiger partial charge in [0.05, 0.1) is 27.5 Å². The van der Waals surface area contributed by atoms with Gasteiger partial charge < -0.3 is 21.0 Å². The molecule has 5 heterocycles. The van der Waals surface area contributed by atoms with Crippen molar-refractivity contribution in [1.29, 1.82) is 0 Å². The van der Waals surface area contributed by atoms with Crippen LogP contribution in [0.1, 0.15) is 40.0 Å². The highest BCUT2D eigenvalue weighted by Crippen LogP contribution is 2.32. The Hall–Kier alpha value is -3.21. The van der Waals surface area contributed by atoms with Crippen molar-refractivity contribution in [3.05, 3.63) is 52.6 Å². The lowest BCUT2D eigenvalue weighted by molar-refractivity contribution is 0.0959. The molecule has 2 aliphatic rings. The summed E-state index contributed by atoms with van der Waals surface area (Å²) in [5.74, 6) is 0.625.